The number of nitrogens with two attached hydrogens (primary N) is 1. The van der Waals surface area contributed by atoms with E-state index in [1.807, 2.05) is 0 Å². The first-order chi connectivity index (χ1) is 5.11. The van der Waals surface area contributed by atoms with Crippen molar-refractivity contribution in [3.05, 3.63) is 34.1 Å². The van der Waals surface area contributed by atoms with E-state index in [2.05, 4.69) is 15.9 Å². The molecule has 2 nitrogen and oxygen atoms in total. The van der Waals surface area contributed by atoms with E-state index in [1.165, 1.54) is 18.2 Å². The van der Waals surface area contributed by atoms with Crippen molar-refractivity contribution in [3.63, 3.8) is 0 Å². The average Bonchev–Trinajstić information content (AvgIpc) is 1.85. The van der Waals surface area contributed by atoms with Crippen LogP contribution in [0.3, 0.4) is 0 Å². The van der Waals surface area contributed by atoms with Crippen LogP contribution < -0.4 is 5.73 Å². The van der Waals surface area contributed by atoms with Gasteiger partial charge in [-0.15, -0.1) is 12.4 Å². The molecule has 66 valence electrons. The minimum Gasteiger partial charge on any atom is -0.384 e. The molecule has 5 heteroatoms. The van der Waals surface area contributed by atoms with Gasteiger partial charge in [0.1, 0.15) is 11.7 Å². The molecule has 0 fully saturated rings. The summed E-state index contributed by atoms with van der Waals surface area (Å²) in [5, 5.41) is 7.07. The summed E-state index contributed by atoms with van der Waals surface area (Å²) in [6.07, 6.45) is 0. The third-order valence-electron chi connectivity index (χ3n) is 1.22. The first-order valence-corrected chi connectivity index (χ1v) is 3.70. The molecule has 0 aliphatic heterocycles. The van der Waals surface area contributed by atoms with Crippen molar-refractivity contribution in [3.8, 4) is 0 Å². The summed E-state index contributed by atoms with van der Waals surface area (Å²) in [6.45, 7) is 0. The van der Waals surface area contributed by atoms with Gasteiger partial charge in [-0.3, -0.25) is 5.41 Å². The van der Waals surface area contributed by atoms with Gasteiger partial charge in [-0.05, 0) is 34.1 Å². The van der Waals surface area contributed by atoms with E-state index in [9.17, 15) is 4.39 Å². The van der Waals surface area contributed by atoms with E-state index in [0.29, 0.717) is 10.0 Å². The van der Waals surface area contributed by atoms with Crippen molar-refractivity contribution in [2.24, 2.45) is 5.73 Å². The van der Waals surface area contributed by atoms with Gasteiger partial charge in [0.15, 0.2) is 0 Å². The molecular weight excluding hydrogens is 246 g/mol. The van der Waals surface area contributed by atoms with Crippen LogP contribution in [0.1, 0.15) is 5.56 Å². The van der Waals surface area contributed by atoms with Crippen LogP contribution >= 0.6 is 28.3 Å². The normalized spacial score (nSPS) is 8.83. The Kier molecular flexibility index (Phi) is 4.20. The lowest BCUT2D eigenvalue weighted by Crippen LogP contribution is -2.11. The lowest BCUT2D eigenvalue weighted by atomic mass is 10.2. The summed E-state index contributed by atoms with van der Waals surface area (Å²) >= 11 is 3.09. The molecule has 0 amide bonds. The first kappa shape index (κ1) is 11.4. The summed E-state index contributed by atoms with van der Waals surface area (Å²) in [5.74, 6) is -0.418. The zero-order chi connectivity index (χ0) is 8.43. The third kappa shape index (κ3) is 2.46. The molecule has 0 bridgehead atoms. The molecule has 3 N–H and O–H groups in total. The molecule has 0 aliphatic carbocycles. The van der Waals surface area contributed by atoms with Gasteiger partial charge in [0.05, 0.1) is 0 Å². The Morgan fingerprint density at radius 2 is 2.08 bits per heavy atom. The largest absolute Gasteiger partial charge is 0.384 e. The lowest BCUT2D eigenvalue weighted by molar-refractivity contribution is 0.627. The summed E-state index contributed by atoms with van der Waals surface area (Å²) in [7, 11) is 0. The molecule has 0 spiro atoms. The number of hydrogen-bond acceptors (Lipinski definition) is 1. The van der Waals surface area contributed by atoms with Crippen LogP contribution in [0, 0.1) is 11.2 Å². The number of nitrogen functional groups attached to an aromatic ring is 1. The fourth-order valence-electron chi connectivity index (χ4n) is 0.708. The van der Waals surface area contributed by atoms with Crippen LogP contribution in [-0.2, 0) is 0 Å². The maximum Gasteiger partial charge on any atom is 0.124 e. The van der Waals surface area contributed by atoms with Crippen LogP contribution in [0.15, 0.2) is 22.7 Å². The van der Waals surface area contributed by atoms with E-state index < -0.39 is 0 Å². The molecule has 1 rings (SSSR count). The van der Waals surface area contributed by atoms with Crippen LogP contribution in [0.25, 0.3) is 0 Å². The quantitative estimate of drug-likeness (QED) is 0.585. The highest BCUT2D eigenvalue weighted by molar-refractivity contribution is 9.10. The second-order valence-electron chi connectivity index (χ2n) is 2.04. The summed E-state index contributed by atoms with van der Waals surface area (Å²) < 4.78 is 13.0. The number of amidine groups is 1. The fourth-order valence-corrected chi connectivity index (χ4v) is 1.27. The number of benzene rings is 1. The van der Waals surface area contributed by atoms with E-state index >= 15 is 0 Å². The number of halogens is 3. The molecule has 1 aromatic carbocycles. The van der Waals surface area contributed by atoms with Crippen molar-refractivity contribution in [1.29, 1.82) is 5.41 Å². The second kappa shape index (κ2) is 4.42. The van der Waals surface area contributed by atoms with Crippen LogP contribution in [0.4, 0.5) is 4.39 Å². The van der Waals surface area contributed by atoms with E-state index in [4.69, 9.17) is 11.1 Å². The van der Waals surface area contributed by atoms with Crippen LogP contribution in [0.2, 0.25) is 0 Å². The highest BCUT2D eigenvalue weighted by atomic mass is 79.9. The van der Waals surface area contributed by atoms with Crippen LogP contribution in [-0.4, -0.2) is 5.84 Å². The van der Waals surface area contributed by atoms with Gasteiger partial charge in [-0.25, -0.2) is 4.39 Å². The van der Waals surface area contributed by atoms with Crippen molar-refractivity contribution < 1.29 is 4.39 Å². The molecule has 0 saturated heterocycles. The van der Waals surface area contributed by atoms with E-state index in [-0.39, 0.29) is 24.1 Å². The predicted molar refractivity (Wildman–Crippen MR) is 52.4 cm³/mol. The van der Waals surface area contributed by atoms with Crippen LogP contribution in [0.5, 0.6) is 0 Å². The predicted octanol–water partition coefficient (Wildman–Crippen LogP) is 2.29. The topological polar surface area (TPSA) is 49.9 Å². The van der Waals surface area contributed by atoms with Gasteiger partial charge in [-0.1, -0.05) is 0 Å². The van der Waals surface area contributed by atoms with Crippen molar-refractivity contribution in [2.45, 2.75) is 0 Å². The average molecular weight is 254 g/mol. The summed E-state index contributed by atoms with van der Waals surface area (Å²) in [6, 6.07) is 4.00. The molecule has 0 unspecified atom stereocenters. The number of nitrogens with one attached hydrogen (secondary N) is 1. The Hall–Kier alpha value is -0.610. The molecular formula is C7H7BrClFN2. The van der Waals surface area contributed by atoms with Gasteiger partial charge < -0.3 is 5.73 Å². The number of rotatable bonds is 1. The highest BCUT2D eigenvalue weighted by Crippen LogP contribution is 2.16. The monoisotopic (exact) mass is 252 g/mol. The van der Waals surface area contributed by atoms with Gasteiger partial charge in [0.25, 0.3) is 0 Å². The maximum absolute atomic E-state index is 12.5. The molecule has 0 aromatic heterocycles. The van der Waals surface area contributed by atoms with Crippen molar-refractivity contribution in [1.82, 2.24) is 0 Å². The molecule has 0 saturated carbocycles. The summed E-state index contributed by atoms with van der Waals surface area (Å²) in [5.41, 5.74) is 5.70. The van der Waals surface area contributed by atoms with Gasteiger partial charge in [-0.2, -0.15) is 0 Å². The Morgan fingerprint density at radius 1 is 1.50 bits per heavy atom. The van der Waals surface area contributed by atoms with E-state index in [1.54, 1.807) is 0 Å². The maximum atomic E-state index is 12.5. The SMILES string of the molecule is Cl.N=C(N)c1ccc(F)cc1Br. The Balaban J connectivity index is 0.00000121. The van der Waals surface area contributed by atoms with Crippen molar-refractivity contribution >= 4 is 34.2 Å². The fraction of sp³-hybridized carbons (Fsp3) is 0. The van der Waals surface area contributed by atoms with Gasteiger partial charge in [0.2, 0.25) is 0 Å². The highest BCUT2D eigenvalue weighted by Gasteiger charge is 2.02. The molecule has 0 radical (unpaired) electrons. The smallest absolute Gasteiger partial charge is 0.124 e. The van der Waals surface area contributed by atoms with Gasteiger partial charge in [0, 0.05) is 10.0 Å². The molecule has 0 atom stereocenters. The Labute approximate surface area is 84.0 Å². The minimum absolute atomic E-state index is 0. The van der Waals surface area contributed by atoms with Crippen molar-refractivity contribution in [2.75, 3.05) is 0 Å². The zero-order valence-electron chi connectivity index (χ0n) is 5.97. The molecule has 0 heterocycles. The summed E-state index contributed by atoms with van der Waals surface area (Å²) in [4.78, 5) is 0. The zero-order valence-corrected chi connectivity index (χ0v) is 8.38. The Bertz CT molecular complexity index is 303. The minimum atomic E-state index is -0.345. The van der Waals surface area contributed by atoms with E-state index in [0.717, 1.165) is 0 Å². The molecule has 0 aliphatic rings. The standard InChI is InChI=1S/C7H6BrFN2.ClH/c8-6-3-4(9)1-2-5(6)7(10)11;/h1-3H,(H3,10,11);1H. The molecule has 12 heavy (non-hydrogen) atoms. The number of hydrogen-bond donors (Lipinski definition) is 2. The lowest BCUT2D eigenvalue weighted by Gasteiger charge is -2.00. The Morgan fingerprint density at radius 3 is 2.50 bits per heavy atom. The third-order valence-corrected chi connectivity index (χ3v) is 1.88. The molecule has 1 aromatic rings. The second-order valence-corrected chi connectivity index (χ2v) is 2.89. The first-order valence-electron chi connectivity index (χ1n) is 2.90. The van der Waals surface area contributed by atoms with Gasteiger partial charge >= 0.3 is 0 Å².